The highest BCUT2D eigenvalue weighted by molar-refractivity contribution is 5.53. The van der Waals surface area contributed by atoms with E-state index in [-0.39, 0.29) is 11.8 Å². The van der Waals surface area contributed by atoms with Gasteiger partial charge in [-0.1, -0.05) is 18.2 Å². The van der Waals surface area contributed by atoms with Gasteiger partial charge in [-0.05, 0) is 32.0 Å². The molecule has 3 nitrogen and oxygen atoms in total. The van der Waals surface area contributed by atoms with Crippen LogP contribution in [0.3, 0.4) is 0 Å². The summed E-state index contributed by atoms with van der Waals surface area (Å²) in [5.74, 6) is -0.146. The van der Waals surface area contributed by atoms with Gasteiger partial charge >= 0.3 is 0 Å². The van der Waals surface area contributed by atoms with Gasteiger partial charge in [0.1, 0.15) is 11.4 Å². The number of phenols is 1. The number of para-hydroxylation sites is 1. The van der Waals surface area contributed by atoms with Crippen LogP contribution in [-0.4, -0.2) is 10.7 Å². The number of hydrogen-bond acceptors (Lipinski definition) is 3. The third-order valence-electron chi connectivity index (χ3n) is 3.56. The zero-order valence-electron chi connectivity index (χ0n) is 11.4. The molecule has 0 radical (unpaired) electrons. The van der Waals surface area contributed by atoms with Crippen LogP contribution < -0.4 is 10.1 Å². The Morgan fingerprint density at radius 3 is 2.70 bits per heavy atom. The van der Waals surface area contributed by atoms with Gasteiger partial charge < -0.3 is 15.2 Å². The van der Waals surface area contributed by atoms with Crippen molar-refractivity contribution >= 4 is 5.69 Å². The molecule has 1 aliphatic rings. The summed E-state index contributed by atoms with van der Waals surface area (Å²) in [6, 6.07) is 12.0. The van der Waals surface area contributed by atoms with Gasteiger partial charge in [-0.25, -0.2) is 4.39 Å². The highest BCUT2D eigenvalue weighted by atomic mass is 19.1. The van der Waals surface area contributed by atoms with E-state index >= 15 is 0 Å². The maximum absolute atomic E-state index is 13.4. The molecule has 1 unspecified atom stereocenters. The Balaban J connectivity index is 1.94. The maximum atomic E-state index is 13.4. The van der Waals surface area contributed by atoms with Gasteiger partial charge in [0, 0.05) is 17.3 Å². The summed E-state index contributed by atoms with van der Waals surface area (Å²) < 4.78 is 19.3. The molecular formula is C16H16FNO2. The van der Waals surface area contributed by atoms with Gasteiger partial charge in [0.2, 0.25) is 0 Å². The second-order valence-corrected chi connectivity index (χ2v) is 5.49. The fraction of sp³-hybridized carbons (Fsp3) is 0.250. The minimum absolute atomic E-state index is 0.0809. The molecule has 0 saturated carbocycles. The number of ether oxygens (including phenoxy) is 1. The molecule has 0 bridgehead atoms. The Labute approximate surface area is 117 Å². The summed E-state index contributed by atoms with van der Waals surface area (Å²) in [4.78, 5) is 0. The summed E-state index contributed by atoms with van der Waals surface area (Å²) in [6.07, 6.45) is 0. The Bertz CT molecular complexity index is 655. The second kappa shape index (κ2) is 4.40. The second-order valence-electron chi connectivity index (χ2n) is 5.49. The van der Waals surface area contributed by atoms with E-state index < -0.39 is 11.4 Å². The number of aromatic hydroxyl groups is 1. The quantitative estimate of drug-likeness (QED) is 0.816. The van der Waals surface area contributed by atoms with Gasteiger partial charge in [-0.3, -0.25) is 0 Å². The van der Waals surface area contributed by atoms with Gasteiger partial charge in [0.15, 0.2) is 11.6 Å². The summed E-state index contributed by atoms with van der Waals surface area (Å²) >= 11 is 0. The highest BCUT2D eigenvalue weighted by Crippen LogP contribution is 2.44. The first-order valence-electron chi connectivity index (χ1n) is 6.50. The van der Waals surface area contributed by atoms with Crippen LogP contribution in [0.4, 0.5) is 10.1 Å². The molecule has 1 heterocycles. The molecule has 4 heteroatoms. The molecule has 1 aliphatic heterocycles. The van der Waals surface area contributed by atoms with Crippen LogP contribution in [0.25, 0.3) is 0 Å². The van der Waals surface area contributed by atoms with Crippen molar-refractivity contribution in [3.05, 3.63) is 53.8 Å². The zero-order valence-corrected chi connectivity index (χ0v) is 11.4. The molecule has 2 aromatic carbocycles. The van der Waals surface area contributed by atoms with Gasteiger partial charge in [0.05, 0.1) is 6.04 Å². The molecule has 0 amide bonds. The smallest absolute Gasteiger partial charge is 0.166 e. The Hall–Kier alpha value is -2.23. The third kappa shape index (κ3) is 2.07. The molecule has 104 valence electrons. The molecule has 0 aliphatic carbocycles. The highest BCUT2D eigenvalue weighted by Gasteiger charge is 2.40. The van der Waals surface area contributed by atoms with Crippen molar-refractivity contribution < 1.29 is 14.2 Å². The lowest BCUT2D eigenvalue weighted by molar-refractivity contribution is 0.118. The van der Waals surface area contributed by atoms with E-state index in [1.54, 1.807) is 6.07 Å². The Morgan fingerprint density at radius 2 is 1.95 bits per heavy atom. The van der Waals surface area contributed by atoms with E-state index in [2.05, 4.69) is 5.32 Å². The van der Waals surface area contributed by atoms with Gasteiger partial charge in [-0.15, -0.1) is 0 Å². The van der Waals surface area contributed by atoms with Gasteiger partial charge in [-0.2, -0.15) is 0 Å². The minimum Gasteiger partial charge on any atom is -0.505 e. The molecule has 0 spiro atoms. The average molecular weight is 273 g/mol. The van der Waals surface area contributed by atoms with Crippen LogP contribution in [0.2, 0.25) is 0 Å². The molecular weight excluding hydrogens is 257 g/mol. The van der Waals surface area contributed by atoms with E-state index in [1.807, 2.05) is 38.1 Å². The van der Waals surface area contributed by atoms with Gasteiger partial charge in [0.25, 0.3) is 0 Å². The van der Waals surface area contributed by atoms with Crippen molar-refractivity contribution in [2.45, 2.75) is 25.5 Å². The monoisotopic (exact) mass is 273 g/mol. The number of nitrogens with one attached hydrogen (secondary N) is 1. The lowest BCUT2D eigenvalue weighted by Gasteiger charge is -2.28. The first-order chi connectivity index (χ1) is 9.47. The minimum atomic E-state index is -0.639. The summed E-state index contributed by atoms with van der Waals surface area (Å²) in [6.45, 7) is 3.98. The lowest BCUT2D eigenvalue weighted by atomic mass is 9.94. The number of benzene rings is 2. The molecule has 1 atom stereocenters. The standard InChI is InChI=1S/C16H16FNO2/c1-16(2)15(11-5-3-4-6-14(11)20-16)18-10-7-8-13(19)12(17)9-10/h3-9,15,18-19H,1-2H3. The van der Waals surface area contributed by atoms with Crippen LogP contribution in [0.15, 0.2) is 42.5 Å². The summed E-state index contributed by atoms with van der Waals surface area (Å²) in [5, 5.41) is 12.5. The van der Waals surface area contributed by atoms with Crippen molar-refractivity contribution in [2.24, 2.45) is 0 Å². The molecule has 20 heavy (non-hydrogen) atoms. The number of rotatable bonds is 2. The predicted octanol–water partition coefficient (Wildman–Crippen LogP) is 3.86. The number of halogens is 1. The molecule has 0 saturated heterocycles. The summed E-state index contributed by atoms with van der Waals surface area (Å²) in [5.41, 5.74) is 1.22. The largest absolute Gasteiger partial charge is 0.505 e. The molecule has 2 N–H and O–H groups in total. The number of anilines is 1. The van der Waals surface area contributed by atoms with Crippen LogP contribution in [0.5, 0.6) is 11.5 Å². The van der Waals surface area contributed by atoms with Crippen LogP contribution >= 0.6 is 0 Å². The van der Waals surface area contributed by atoms with E-state index in [4.69, 9.17) is 4.74 Å². The van der Waals surface area contributed by atoms with E-state index in [1.165, 1.54) is 12.1 Å². The summed E-state index contributed by atoms with van der Waals surface area (Å²) in [7, 11) is 0. The topological polar surface area (TPSA) is 41.5 Å². The predicted molar refractivity (Wildman–Crippen MR) is 75.6 cm³/mol. The van der Waals surface area contributed by atoms with E-state index in [0.717, 1.165) is 11.3 Å². The van der Waals surface area contributed by atoms with Crippen molar-refractivity contribution in [1.29, 1.82) is 0 Å². The van der Waals surface area contributed by atoms with Crippen LogP contribution in [0, 0.1) is 5.82 Å². The van der Waals surface area contributed by atoms with Crippen molar-refractivity contribution in [2.75, 3.05) is 5.32 Å². The zero-order chi connectivity index (χ0) is 14.3. The normalized spacial score (nSPS) is 19.2. The number of fused-ring (bicyclic) bond motifs is 1. The average Bonchev–Trinajstić information content (AvgIpc) is 2.65. The van der Waals surface area contributed by atoms with E-state index in [9.17, 15) is 9.50 Å². The maximum Gasteiger partial charge on any atom is 0.166 e. The van der Waals surface area contributed by atoms with Crippen LogP contribution in [0.1, 0.15) is 25.5 Å². The number of phenolic OH excluding ortho intramolecular Hbond substituents is 1. The van der Waals surface area contributed by atoms with Crippen molar-refractivity contribution in [3.63, 3.8) is 0 Å². The Kier molecular flexibility index (Phi) is 2.82. The molecule has 2 aromatic rings. The van der Waals surface area contributed by atoms with E-state index in [0.29, 0.717) is 5.69 Å². The first kappa shape index (κ1) is 12.8. The lowest BCUT2D eigenvalue weighted by Crippen LogP contribution is -2.34. The molecule has 0 fully saturated rings. The number of hydrogen-bond donors (Lipinski definition) is 2. The van der Waals surface area contributed by atoms with Crippen molar-refractivity contribution in [3.8, 4) is 11.5 Å². The third-order valence-corrected chi connectivity index (χ3v) is 3.56. The Morgan fingerprint density at radius 1 is 1.20 bits per heavy atom. The van der Waals surface area contributed by atoms with Crippen LogP contribution in [-0.2, 0) is 0 Å². The molecule has 0 aromatic heterocycles. The fourth-order valence-corrected chi connectivity index (χ4v) is 2.54. The van der Waals surface area contributed by atoms with Crippen molar-refractivity contribution in [1.82, 2.24) is 0 Å². The SMILES string of the molecule is CC1(C)Oc2ccccc2C1Nc1ccc(O)c(F)c1. The molecule has 3 rings (SSSR count). The fourth-order valence-electron chi connectivity index (χ4n) is 2.54. The first-order valence-corrected chi connectivity index (χ1v) is 6.50.